The summed E-state index contributed by atoms with van der Waals surface area (Å²) in [6.07, 6.45) is 2.44. The molecular weight excluding hydrogens is 336 g/mol. The maximum Gasteiger partial charge on any atom is 0.225 e. The van der Waals surface area contributed by atoms with Gasteiger partial charge < -0.3 is 15.4 Å². The Balaban J connectivity index is 1.60. The van der Waals surface area contributed by atoms with Crippen LogP contribution in [0.15, 0.2) is 60.7 Å². The Morgan fingerprint density at radius 1 is 1.04 bits per heavy atom. The SMILES string of the molecule is Cc1ccc(Nc2cc(-c3ccccc3)nc(NCC3CCCO3)n2)cc1. The number of rotatable bonds is 6. The fourth-order valence-electron chi connectivity index (χ4n) is 3.14. The maximum absolute atomic E-state index is 5.69. The van der Waals surface area contributed by atoms with Crippen LogP contribution in [0.3, 0.4) is 0 Å². The van der Waals surface area contributed by atoms with Gasteiger partial charge in [0.2, 0.25) is 5.95 Å². The van der Waals surface area contributed by atoms with Crippen LogP contribution in [-0.2, 0) is 4.74 Å². The van der Waals surface area contributed by atoms with E-state index in [1.165, 1.54) is 5.56 Å². The minimum Gasteiger partial charge on any atom is -0.376 e. The van der Waals surface area contributed by atoms with Gasteiger partial charge in [-0.15, -0.1) is 0 Å². The molecule has 4 rings (SSSR count). The lowest BCUT2D eigenvalue weighted by molar-refractivity contribution is 0.120. The highest BCUT2D eigenvalue weighted by Gasteiger charge is 2.16. The Labute approximate surface area is 159 Å². The van der Waals surface area contributed by atoms with Gasteiger partial charge in [-0.25, -0.2) is 4.98 Å². The summed E-state index contributed by atoms with van der Waals surface area (Å²) < 4.78 is 5.69. The van der Waals surface area contributed by atoms with Crippen LogP contribution in [-0.4, -0.2) is 29.2 Å². The molecule has 0 aliphatic carbocycles. The highest BCUT2D eigenvalue weighted by atomic mass is 16.5. The van der Waals surface area contributed by atoms with Crippen molar-refractivity contribution in [2.24, 2.45) is 0 Å². The molecule has 1 atom stereocenters. The molecule has 1 fully saturated rings. The quantitative estimate of drug-likeness (QED) is 0.662. The van der Waals surface area contributed by atoms with Gasteiger partial charge >= 0.3 is 0 Å². The Hall–Kier alpha value is -2.92. The zero-order valence-electron chi connectivity index (χ0n) is 15.5. The molecule has 0 amide bonds. The van der Waals surface area contributed by atoms with E-state index in [4.69, 9.17) is 9.72 Å². The van der Waals surface area contributed by atoms with Crippen LogP contribution >= 0.6 is 0 Å². The van der Waals surface area contributed by atoms with Crippen LogP contribution < -0.4 is 10.6 Å². The molecule has 2 heterocycles. The number of nitrogens with one attached hydrogen (secondary N) is 2. The van der Waals surface area contributed by atoms with E-state index in [1.54, 1.807) is 0 Å². The summed E-state index contributed by atoms with van der Waals surface area (Å²) in [5.74, 6) is 1.38. The first-order valence-corrected chi connectivity index (χ1v) is 9.40. The van der Waals surface area contributed by atoms with E-state index in [2.05, 4.69) is 58.9 Å². The van der Waals surface area contributed by atoms with Crippen LogP contribution in [0.25, 0.3) is 11.3 Å². The number of ether oxygens (including phenoxy) is 1. The summed E-state index contributed by atoms with van der Waals surface area (Å²) in [4.78, 5) is 9.35. The van der Waals surface area contributed by atoms with E-state index in [1.807, 2.05) is 24.3 Å². The summed E-state index contributed by atoms with van der Waals surface area (Å²) in [6, 6.07) is 20.4. The number of anilines is 3. The van der Waals surface area contributed by atoms with Crippen LogP contribution in [0.5, 0.6) is 0 Å². The average molecular weight is 360 g/mol. The third kappa shape index (κ3) is 4.63. The van der Waals surface area contributed by atoms with Crippen molar-refractivity contribution in [1.29, 1.82) is 0 Å². The Morgan fingerprint density at radius 3 is 2.59 bits per heavy atom. The molecule has 0 bridgehead atoms. The van der Waals surface area contributed by atoms with Crippen molar-refractivity contribution in [3.63, 3.8) is 0 Å². The second-order valence-electron chi connectivity index (χ2n) is 6.84. The van der Waals surface area contributed by atoms with Crippen molar-refractivity contribution in [2.75, 3.05) is 23.8 Å². The van der Waals surface area contributed by atoms with Crippen LogP contribution in [0.2, 0.25) is 0 Å². The minimum atomic E-state index is 0.238. The fourth-order valence-corrected chi connectivity index (χ4v) is 3.14. The Kier molecular flexibility index (Phi) is 5.30. The lowest BCUT2D eigenvalue weighted by Crippen LogP contribution is -2.20. The summed E-state index contributed by atoms with van der Waals surface area (Å²) in [7, 11) is 0. The van der Waals surface area contributed by atoms with Gasteiger partial charge in [0.15, 0.2) is 0 Å². The van der Waals surface area contributed by atoms with Gasteiger partial charge in [-0.05, 0) is 31.9 Å². The number of benzene rings is 2. The molecule has 138 valence electrons. The molecule has 1 aliphatic heterocycles. The monoisotopic (exact) mass is 360 g/mol. The van der Waals surface area contributed by atoms with E-state index >= 15 is 0 Å². The zero-order chi connectivity index (χ0) is 18.5. The number of hydrogen-bond acceptors (Lipinski definition) is 5. The van der Waals surface area contributed by atoms with Gasteiger partial charge in [0.05, 0.1) is 11.8 Å². The molecule has 5 nitrogen and oxygen atoms in total. The van der Waals surface area contributed by atoms with Crippen molar-refractivity contribution >= 4 is 17.5 Å². The molecule has 1 aromatic heterocycles. The Morgan fingerprint density at radius 2 is 1.85 bits per heavy atom. The molecule has 0 radical (unpaired) electrons. The molecule has 0 saturated carbocycles. The summed E-state index contributed by atoms with van der Waals surface area (Å²) >= 11 is 0. The van der Waals surface area contributed by atoms with E-state index in [0.717, 1.165) is 48.8 Å². The molecular formula is C22H24N4O. The van der Waals surface area contributed by atoms with Crippen LogP contribution in [0.1, 0.15) is 18.4 Å². The largest absolute Gasteiger partial charge is 0.376 e. The van der Waals surface area contributed by atoms with E-state index in [-0.39, 0.29) is 6.10 Å². The Bertz CT molecular complexity index is 875. The molecule has 1 unspecified atom stereocenters. The smallest absolute Gasteiger partial charge is 0.225 e. The molecule has 1 saturated heterocycles. The van der Waals surface area contributed by atoms with E-state index in [9.17, 15) is 0 Å². The van der Waals surface area contributed by atoms with E-state index in [0.29, 0.717) is 5.95 Å². The molecule has 1 aliphatic rings. The molecule has 5 heteroatoms. The summed E-state index contributed by atoms with van der Waals surface area (Å²) in [5, 5.41) is 6.73. The lowest BCUT2D eigenvalue weighted by atomic mass is 10.1. The van der Waals surface area contributed by atoms with Gasteiger partial charge in [-0.1, -0.05) is 48.0 Å². The number of aryl methyl sites for hydroxylation is 1. The van der Waals surface area contributed by atoms with Gasteiger partial charge in [0.25, 0.3) is 0 Å². The molecule has 2 aromatic carbocycles. The third-order valence-electron chi connectivity index (χ3n) is 4.63. The molecule has 3 aromatic rings. The average Bonchev–Trinajstić information content (AvgIpc) is 3.22. The maximum atomic E-state index is 5.69. The number of nitrogens with zero attached hydrogens (tertiary/aromatic N) is 2. The van der Waals surface area contributed by atoms with Gasteiger partial charge in [0, 0.05) is 30.5 Å². The van der Waals surface area contributed by atoms with Gasteiger partial charge in [0.1, 0.15) is 5.82 Å². The van der Waals surface area contributed by atoms with Crippen molar-refractivity contribution in [3.8, 4) is 11.3 Å². The highest BCUT2D eigenvalue weighted by molar-refractivity contribution is 5.67. The number of aromatic nitrogens is 2. The predicted octanol–water partition coefficient (Wildman–Crippen LogP) is 4.79. The topological polar surface area (TPSA) is 59.1 Å². The lowest BCUT2D eigenvalue weighted by Gasteiger charge is -2.14. The molecule has 27 heavy (non-hydrogen) atoms. The van der Waals surface area contributed by atoms with Crippen LogP contribution in [0, 0.1) is 6.92 Å². The van der Waals surface area contributed by atoms with E-state index < -0.39 is 0 Å². The molecule has 0 spiro atoms. The second kappa shape index (κ2) is 8.18. The highest BCUT2D eigenvalue weighted by Crippen LogP contribution is 2.24. The predicted molar refractivity (Wildman–Crippen MR) is 109 cm³/mol. The normalized spacial score (nSPS) is 16.3. The zero-order valence-corrected chi connectivity index (χ0v) is 15.5. The minimum absolute atomic E-state index is 0.238. The fraction of sp³-hybridized carbons (Fsp3) is 0.273. The second-order valence-corrected chi connectivity index (χ2v) is 6.84. The standard InChI is InChI=1S/C22H24N4O/c1-16-9-11-18(12-10-16)24-21-14-20(17-6-3-2-4-7-17)25-22(26-21)23-15-19-8-5-13-27-19/h2-4,6-7,9-12,14,19H,5,8,13,15H2,1H3,(H2,23,24,25,26). The summed E-state index contributed by atoms with van der Waals surface area (Å²) in [5.41, 5.74) is 4.18. The first-order chi connectivity index (χ1) is 13.3. The first-order valence-electron chi connectivity index (χ1n) is 9.40. The van der Waals surface area contributed by atoms with Crippen LogP contribution in [0.4, 0.5) is 17.5 Å². The third-order valence-corrected chi connectivity index (χ3v) is 4.63. The van der Waals surface area contributed by atoms with Crippen molar-refractivity contribution in [2.45, 2.75) is 25.9 Å². The number of hydrogen-bond donors (Lipinski definition) is 2. The van der Waals surface area contributed by atoms with Gasteiger partial charge in [-0.2, -0.15) is 4.98 Å². The van der Waals surface area contributed by atoms with Gasteiger partial charge in [-0.3, -0.25) is 0 Å². The summed E-state index contributed by atoms with van der Waals surface area (Å²) in [6.45, 7) is 3.65. The van der Waals surface area contributed by atoms with Crippen molar-refractivity contribution < 1.29 is 4.74 Å². The molecule has 2 N–H and O–H groups in total. The van der Waals surface area contributed by atoms with Crippen molar-refractivity contribution in [3.05, 3.63) is 66.2 Å². The first kappa shape index (κ1) is 17.5. The van der Waals surface area contributed by atoms with Crippen molar-refractivity contribution in [1.82, 2.24) is 9.97 Å².